The maximum absolute atomic E-state index is 13.1. The van der Waals surface area contributed by atoms with Gasteiger partial charge in [-0.25, -0.2) is 4.39 Å². The van der Waals surface area contributed by atoms with Gasteiger partial charge >= 0.3 is 0 Å². The Morgan fingerprint density at radius 1 is 1.18 bits per heavy atom. The highest BCUT2D eigenvalue weighted by atomic mass is 79.9. The summed E-state index contributed by atoms with van der Waals surface area (Å²) < 4.78 is 25.3. The Kier molecular flexibility index (Phi) is 8.47. The van der Waals surface area contributed by atoms with Gasteiger partial charge < -0.3 is 14.8 Å². The second kappa shape index (κ2) is 11.5. The van der Waals surface area contributed by atoms with Crippen molar-refractivity contribution < 1.29 is 18.7 Å². The second-order valence-electron chi connectivity index (χ2n) is 6.77. The first kappa shape index (κ1) is 24.3. The molecule has 33 heavy (non-hydrogen) atoms. The molecule has 0 heterocycles. The molecular weight excluding hydrogens is 511 g/mol. The number of amides is 1. The number of benzene rings is 3. The molecule has 5 nitrogen and oxygen atoms in total. The topological polar surface area (TPSA) is 71.3 Å². The average molecular weight is 530 g/mol. The van der Waals surface area contributed by atoms with Gasteiger partial charge in [0.25, 0.3) is 5.91 Å². The summed E-state index contributed by atoms with van der Waals surface area (Å²) in [5, 5.41) is 12.7. The lowest BCUT2D eigenvalue weighted by Crippen LogP contribution is -2.13. The molecule has 0 saturated carbocycles. The Morgan fingerprint density at radius 3 is 2.58 bits per heavy atom. The van der Waals surface area contributed by atoms with Crippen LogP contribution in [0, 0.1) is 17.1 Å². The van der Waals surface area contributed by atoms with Crippen molar-refractivity contribution in [3.05, 3.63) is 92.7 Å². The number of nitrogens with zero attached hydrogens (tertiary/aromatic N) is 1. The summed E-state index contributed by atoms with van der Waals surface area (Å²) in [5.41, 5.74) is 1.63. The van der Waals surface area contributed by atoms with Gasteiger partial charge in [-0.3, -0.25) is 4.79 Å². The molecule has 0 saturated heterocycles. The number of carbonyl (C=O) groups is 1. The molecule has 0 bridgehead atoms. The Hall–Kier alpha value is -3.34. The predicted octanol–water partition coefficient (Wildman–Crippen LogP) is 6.76. The Balaban J connectivity index is 1.85. The highest BCUT2D eigenvalue weighted by molar-refractivity contribution is 9.10. The van der Waals surface area contributed by atoms with Gasteiger partial charge in [0.1, 0.15) is 24.1 Å². The van der Waals surface area contributed by atoms with Gasteiger partial charge in [0.15, 0.2) is 11.5 Å². The molecular formula is C25H19BrClFN2O3. The van der Waals surface area contributed by atoms with Crippen molar-refractivity contribution in [3.8, 4) is 17.6 Å². The van der Waals surface area contributed by atoms with Crippen LogP contribution in [0.15, 0.2) is 70.7 Å². The van der Waals surface area contributed by atoms with Crippen molar-refractivity contribution in [2.24, 2.45) is 0 Å². The van der Waals surface area contributed by atoms with E-state index in [9.17, 15) is 14.4 Å². The maximum atomic E-state index is 13.1. The van der Waals surface area contributed by atoms with E-state index in [4.69, 9.17) is 21.1 Å². The van der Waals surface area contributed by atoms with Crippen molar-refractivity contribution in [1.82, 2.24) is 0 Å². The monoisotopic (exact) mass is 528 g/mol. The van der Waals surface area contributed by atoms with Crippen LogP contribution in [-0.4, -0.2) is 12.5 Å². The van der Waals surface area contributed by atoms with Gasteiger partial charge in [0.05, 0.1) is 11.1 Å². The van der Waals surface area contributed by atoms with Crippen molar-refractivity contribution >= 4 is 45.2 Å². The van der Waals surface area contributed by atoms with Crippen LogP contribution in [0.3, 0.4) is 0 Å². The van der Waals surface area contributed by atoms with Crippen molar-refractivity contribution in [2.45, 2.75) is 13.5 Å². The largest absolute Gasteiger partial charge is 0.490 e. The van der Waals surface area contributed by atoms with Gasteiger partial charge in [-0.05, 0) is 77.0 Å². The summed E-state index contributed by atoms with van der Waals surface area (Å²) in [6.07, 6.45) is 1.43. The fourth-order valence-corrected chi connectivity index (χ4v) is 3.65. The highest BCUT2D eigenvalue weighted by Gasteiger charge is 2.15. The number of hydrogen-bond donors (Lipinski definition) is 1. The molecule has 0 aromatic heterocycles. The number of ether oxygens (including phenoxy) is 2. The number of nitriles is 1. The number of halogens is 3. The molecule has 0 aliphatic heterocycles. The lowest BCUT2D eigenvalue weighted by Gasteiger charge is -2.15. The third-order valence-corrected chi connectivity index (χ3v) is 5.40. The van der Waals surface area contributed by atoms with E-state index in [1.54, 1.807) is 18.2 Å². The normalized spacial score (nSPS) is 10.9. The first-order chi connectivity index (χ1) is 15.9. The number of nitrogens with one attached hydrogen (secondary N) is 1. The van der Waals surface area contributed by atoms with Crippen molar-refractivity contribution in [2.75, 3.05) is 11.9 Å². The molecule has 0 fully saturated rings. The van der Waals surface area contributed by atoms with Gasteiger partial charge in [0.2, 0.25) is 0 Å². The predicted molar refractivity (Wildman–Crippen MR) is 130 cm³/mol. The molecule has 0 spiro atoms. The van der Waals surface area contributed by atoms with E-state index in [1.165, 1.54) is 30.3 Å². The SMILES string of the molecule is CCOc1cc(/C=C(/C#N)C(=O)Nc2ccc(F)cc2)cc(Br)c1OCc1ccccc1Cl. The Labute approximate surface area is 204 Å². The van der Waals surface area contributed by atoms with Crippen LogP contribution in [-0.2, 0) is 11.4 Å². The van der Waals surface area contributed by atoms with E-state index in [1.807, 2.05) is 31.2 Å². The zero-order valence-electron chi connectivity index (χ0n) is 17.6. The second-order valence-corrected chi connectivity index (χ2v) is 8.04. The molecule has 8 heteroatoms. The van der Waals surface area contributed by atoms with Gasteiger partial charge in [0, 0.05) is 16.3 Å². The van der Waals surface area contributed by atoms with Crippen molar-refractivity contribution in [3.63, 3.8) is 0 Å². The van der Waals surface area contributed by atoms with E-state index < -0.39 is 11.7 Å². The molecule has 3 aromatic rings. The van der Waals surface area contributed by atoms with E-state index in [0.29, 0.717) is 38.9 Å². The molecule has 0 unspecified atom stereocenters. The summed E-state index contributed by atoms with van der Waals surface area (Å²) >= 11 is 9.69. The minimum atomic E-state index is -0.614. The van der Waals surface area contributed by atoms with Crippen LogP contribution < -0.4 is 14.8 Å². The quantitative estimate of drug-likeness (QED) is 0.258. The minimum absolute atomic E-state index is 0.126. The summed E-state index contributed by atoms with van der Waals surface area (Å²) in [7, 11) is 0. The summed E-state index contributed by atoms with van der Waals surface area (Å²) in [6.45, 7) is 2.46. The molecule has 0 atom stereocenters. The molecule has 1 amide bonds. The zero-order chi connectivity index (χ0) is 23.8. The van der Waals surface area contributed by atoms with E-state index in [2.05, 4.69) is 21.2 Å². The molecule has 0 aliphatic rings. The number of anilines is 1. The van der Waals surface area contributed by atoms with Crippen LogP contribution in [0.5, 0.6) is 11.5 Å². The molecule has 3 rings (SSSR count). The summed E-state index contributed by atoms with van der Waals surface area (Å²) in [6, 6.07) is 17.9. The first-order valence-corrected chi connectivity index (χ1v) is 11.1. The summed E-state index contributed by atoms with van der Waals surface area (Å²) in [5.74, 6) is -0.115. The third-order valence-electron chi connectivity index (χ3n) is 4.44. The van der Waals surface area contributed by atoms with Crippen LogP contribution in [0.4, 0.5) is 10.1 Å². The fraction of sp³-hybridized carbons (Fsp3) is 0.120. The van der Waals surface area contributed by atoms with E-state index in [-0.39, 0.29) is 12.2 Å². The highest BCUT2D eigenvalue weighted by Crippen LogP contribution is 2.38. The Bertz CT molecular complexity index is 1220. The third kappa shape index (κ3) is 6.58. The van der Waals surface area contributed by atoms with Gasteiger partial charge in [-0.2, -0.15) is 5.26 Å². The van der Waals surface area contributed by atoms with E-state index in [0.717, 1.165) is 5.56 Å². The number of carbonyl (C=O) groups excluding carboxylic acids is 1. The van der Waals surface area contributed by atoms with Crippen LogP contribution >= 0.6 is 27.5 Å². The van der Waals surface area contributed by atoms with Gasteiger partial charge in [-0.15, -0.1) is 0 Å². The first-order valence-electron chi connectivity index (χ1n) is 9.92. The summed E-state index contributed by atoms with van der Waals surface area (Å²) in [4.78, 5) is 12.5. The molecule has 0 aliphatic carbocycles. The van der Waals surface area contributed by atoms with Gasteiger partial charge in [-0.1, -0.05) is 29.8 Å². The van der Waals surface area contributed by atoms with Crippen molar-refractivity contribution in [1.29, 1.82) is 5.26 Å². The molecule has 0 radical (unpaired) electrons. The number of hydrogen-bond acceptors (Lipinski definition) is 4. The average Bonchev–Trinajstić information content (AvgIpc) is 2.79. The lowest BCUT2D eigenvalue weighted by atomic mass is 10.1. The fourth-order valence-electron chi connectivity index (χ4n) is 2.89. The maximum Gasteiger partial charge on any atom is 0.266 e. The Morgan fingerprint density at radius 2 is 1.91 bits per heavy atom. The van der Waals surface area contributed by atoms with Crippen LogP contribution in [0.2, 0.25) is 5.02 Å². The smallest absolute Gasteiger partial charge is 0.266 e. The molecule has 168 valence electrons. The zero-order valence-corrected chi connectivity index (χ0v) is 19.9. The molecule has 1 N–H and O–H groups in total. The number of rotatable bonds is 8. The van der Waals surface area contributed by atoms with Crippen LogP contribution in [0.1, 0.15) is 18.1 Å². The van der Waals surface area contributed by atoms with E-state index >= 15 is 0 Å². The lowest BCUT2D eigenvalue weighted by molar-refractivity contribution is -0.112. The standard InChI is InChI=1S/C25H19BrClFN2O3/c1-2-32-23-13-16(11-18(14-29)25(31)30-20-9-7-19(28)8-10-20)12-21(26)24(23)33-15-17-5-3-4-6-22(17)27/h3-13H,2,15H2,1H3,(H,30,31)/b18-11-. The van der Waals surface area contributed by atoms with Crippen LogP contribution in [0.25, 0.3) is 6.08 Å². The minimum Gasteiger partial charge on any atom is -0.490 e. The molecule has 3 aromatic carbocycles.